The van der Waals surface area contributed by atoms with E-state index in [-0.39, 0.29) is 40.3 Å². The summed E-state index contributed by atoms with van der Waals surface area (Å²) in [4.78, 5) is 23.9. The van der Waals surface area contributed by atoms with Crippen LogP contribution in [0.3, 0.4) is 0 Å². The minimum atomic E-state index is -3.91. The molecule has 142 valence electrons. The molecule has 2 aromatic carbocycles. The number of benzene rings is 2. The highest BCUT2D eigenvalue weighted by Gasteiger charge is 2.23. The van der Waals surface area contributed by atoms with E-state index in [2.05, 4.69) is 15.4 Å². The molecule has 0 atom stereocenters. The maximum absolute atomic E-state index is 12.8. The Morgan fingerprint density at radius 1 is 1.19 bits per heavy atom. The number of nitrogens with one attached hydrogen (secondary N) is 3. The van der Waals surface area contributed by atoms with Crippen molar-refractivity contribution in [1.82, 2.24) is 5.32 Å². The Hall–Kier alpha value is -2.87. The number of fused-ring (bicyclic) bond motifs is 1. The van der Waals surface area contributed by atoms with Gasteiger partial charge in [0, 0.05) is 12.2 Å². The molecule has 1 heterocycles. The third-order valence-corrected chi connectivity index (χ3v) is 5.46. The Bertz CT molecular complexity index is 1000. The van der Waals surface area contributed by atoms with Gasteiger partial charge in [-0.05, 0) is 41.8 Å². The Balaban J connectivity index is 1.86. The van der Waals surface area contributed by atoms with Crippen LogP contribution in [0.25, 0.3) is 0 Å². The number of hydrogen-bond acceptors (Lipinski definition) is 4. The molecule has 0 aliphatic carbocycles. The maximum Gasteiger partial charge on any atom is 0.261 e. The zero-order valence-electron chi connectivity index (χ0n) is 15.1. The van der Waals surface area contributed by atoms with Crippen molar-refractivity contribution in [3.8, 4) is 0 Å². The fourth-order valence-electron chi connectivity index (χ4n) is 2.74. The predicted octanol–water partition coefficient (Wildman–Crippen LogP) is 2.37. The van der Waals surface area contributed by atoms with Crippen molar-refractivity contribution in [2.75, 3.05) is 16.6 Å². The van der Waals surface area contributed by atoms with E-state index in [4.69, 9.17) is 0 Å². The Labute approximate surface area is 158 Å². The summed E-state index contributed by atoms with van der Waals surface area (Å²) >= 11 is 0. The van der Waals surface area contributed by atoms with Crippen molar-refractivity contribution in [3.05, 3.63) is 53.6 Å². The second-order valence-electron chi connectivity index (χ2n) is 6.80. The van der Waals surface area contributed by atoms with E-state index < -0.39 is 10.0 Å². The van der Waals surface area contributed by atoms with Gasteiger partial charge in [0.25, 0.3) is 15.9 Å². The van der Waals surface area contributed by atoms with E-state index in [1.807, 2.05) is 13.8 Å². The van der Waals surface area contributed by atoms with Gasteiger partial charge in [-0.1, -0.05) is 26.0 Å². The summed E-state index contributed by atoms with van der Waals surface area (Å²) in [6.45, 7) is 4.44. The Kier molecular flexibility index (Phi) is 5.18. The van der Waals surface area contributed by atoms with E-state index in [0.717, 1.165) is 0 Å². The van der Waals surface area contributed by atoms with Gasteiger partial charge in [0.2, 0.25) is 5.91 Å². The molecule has 0 bridgehead atoms. The van der Waals surface area contributed by atoms with Gasteiger partial charge in [0.1, 0.15) is 0 Å². The number of carbonyl (C=O) groups excluding carboxylic acids is 2. The molecule has 0 saturated heterocycles. The average Bonchev–Trinajstić information content (AvgIpc) is 2.99. The molecule has 0 unspecified atom stereocenters. The highest BCUT2D eigenvalue weighted by molar-refractivity contribution is 7.92. The summed E-state index contributed by atoms with van der Waals surface area (Å²) in [5.41, 5.74) is 1.70. The van der Waals surface area contributed by atoms with Crippen LogP contribution in [0.5, 0.6) is 0 Å². The fourth-order valence-corrected chi connectivity index (χ4v) is 3.87. The number of amides is 2. The van der Waals surface area contributed by atoms with Gasteiger partial charge in [-0.3, -0.25) is 14.3 Å². The standard InChI is InChI=1S/C19H21N3O4S/c1-12(2)11-20-19(24)15-5-3-4-6-17(15)22-27(25,26)14-7-8-16-13(9-14)10-18(23)21-16/h3-9,12,22H,10-11H2,1-2H3,(H,20,24)(H,21,23). The van der Waals surface area contributed by atoms with Crippen LogP contribution in [0, 0.1) is 5.92 Å². The van der Waals surface area contributed by atoms with Gasteiger partial charge < -0.3 is 10.6 Å². The minimum absolute atomic E-state index is 0.0372. The van der Waals surface area contributed by atoms with Crippen LogP contribution in [0.2, 0.25) is 0 Å². The van der Waals surface area contributed by atoms with Gasteiger partial charge in [0.15, 0.2) is 0 Å². The fraction of sp³-hybridized carbons (Fsp3) is 0.263. The summed E-state index contributed by atoms with van der Waals surface area (Å²) < 4.78 is 28.0. The van der Waals surface area contributed by atoms with E-state index in [1.54, 1.807) is 30.3 Å². The number of rotatable bonds is 6. The SMILES string of the molecule is CC(C)CNC(=O)c1ccccc1NS(=O)(=O)c1ccc2c(c1)CC(=O)N2. The number of anilines is 2. The molecule has 7 nitrogen and oxygen atoms in total. The number of hydrogen-bond donors (Lipinski definition) is 3. The molecule has 0 radical (unpaired) electrons. The molecular formula is C19H21N3O4S. The van der Waals surface area contributed by atoms with Gasteiger partial charge in [-0.25, -0.2) is 8.42 Å². The van der Waals surface area contributed by atoms with E-state index >= 15 is 0 Å². The normalized spacial score (nSPS) is 13.2. The number of para-hydroxylation sites is 1. The van der Waals surface area contributed by atoms with Crippen LogP contribution >= 0.6 is 0 Å². The zero-order chi connectivity index (χ0) is 19.6. The largest absolute Gasteiger partial charge is 0.352 e. The number of carbonyl (C=O) groups is 2. The first-order chi connectivity index (χ1) is 12.8. The van der Waals surface area contributed by atoms with Crippen LogP contribution in [-0.4, -0.2) is 26.8 Å². The van der Waals surface area contributed by atoms with Crippen LogP contribution in [0.4, 0.5) is 11.4 Å². The highest BCUT2D eigenvalue weighted by Crippen LogP contribution is 2.27. The van der Waals surface area contributed by atoms with Gasteiger partial charge in [0.05, 0.1) is 22.6 Å². The lowest BCUT2D eigenvalue weighted by Gasteiger charge is -2.14. The second kappa shape index (κ2) is 7.40. The van der Waals surface area contributed by atoms with Gasteiger partial charge in [-0.15, -0.1) is 0 Å². The van der Waals surface area contributed by atoms with E-state index in [0.29, 0.717) is 17.8 Å². The van der Waals surface area contributed by atoms with E-state index in [1.165, 1.54) is 12.1 Å². The van der Waals surface area contributed by atoms with Crippen LogP contribution in [0.1, 0.15) is 29.8 Å². The molecule has 1 aliphatic rings. The van der Waals surface area contributed by atoms with Gasteiger partial charge in [-0.2, -0.15) is 0 Å². The summed E-state index contributed by atoms with van der Waals surface area (Å²) in [7, 11) is -3.91. The summed E-state index contributed by atoms with van der Waals surface area (Å²) in [6.07, 6.45) is 0.146. The van der Waals surface area contributed by atoms with Crippen molar-refractivity contribution in [3.63, 3.8) is 0 Å². The van der Waals surface area contributed by atoms with Crippen molar-refractivity contribution in [2.24, 2.45) is 5.92 Å². The predicted molar refractivity (Wildman–Crippen MR) is 103 cm³/mol. The first kappa shape index (κ1) is 18.9. The molecular weight excluding hydrogens is 366 g/mol. The van der Waals surface area contributed by atoms with Crippen LogP contribution in [0.15, 0.2) is 47.4 Å². The number of sulfonamides is 1. The highest BCUT2D eigenvalue weighted by atomic mass is 32.2. The molecule has 3 rings (SSSR count). The summed E-state index contributed by atoms with van der Waals surface area (Å²) in [6, 6.07) is 10.9. The molecule has 8 heteroatoms. The lowest BCUT2D eigenvalue weighted by atomic mass is 10.1. The second-order valence-corrected chi connectivity index (χ2v) is 8.48. The maximum atomic E-state index is 12.8. The van der Waals surface area contributed by atoms with Crippen LogP contribution < -0.4 is 15.4 Å². The quantitative estimate of drug-likeness (QED) is 0.708. The zero-order valence-corrected chi connectivity index (χ0v) is 15.9. The molecule has 2 amide bonds. The summed E-state index contributed by atoms with van der Waals surface area (Å²) in [5, 5.41) is 5.45. The molecule has 2 aromatic rings. The molecule has 0 aromatic heterocycles. The van der Waals surface area contributed by atoms with Crippen molar-refractivity contribution < 1.29 is 18.0 Å². The topological polar surface area (TPSA) is 104 Å². The van der Waals surface area contributed by atoms with Crippen molar-refractivity contribution in [2.45, 2.75) is 25.2 Å². The lowest BCUT2D eigenvalue weighted by molar-refractivity contribution is -0.115. The van der Waals surface area contributed by atoms with Gasteiger partial charge >= 0.3 is 0 Å². The first-order valence-electron chi connectivity index (χ1n) is 8.59. The third kappa shape index (κ3) is 4.28. The average molecular weight is 387 g/mol. The van der Waals surface area contributed by atoms with Crippen LogP contribution in [-0.2, 0) is 21.2 Å². The van der Waals surface area contributed by atoms with E-state index in [9.17, 15) is 18.0 Å². The Morgan fingerprint density at radius 3 is 2.67 bits per heavy atom. The molecule has 0 fully saturated rings. The minimum Gasteiger partial charge on any atom is -0.352 e. The molecule has 27 heavy (non-hydrogen) atoms. The third-order valence-electron chi connectivity index (χ3n) is 4.10. The van der Waals surface area contributed by atoms with Crippen molar-refractivity contribution in [1.29, 1.82) is 0 Å². The molecule has 1 aliphatic heterocycles. The monoisotopic (exact) mass is 387 g/mol. The molecule has 0 spiro atoms. The summed E-state index contributed by atoms with van der Waals surface area (Å²) in [5.74, 6) is -0.231. The lowest BCUT2D eigenvalue weighted by Crippen LogP contribution is -2.28. The first-order valence-corrected chi connectivity index (χ1v) is 10.1. The Morgan fingerprint density at radius 2 is 1.93 bits per heavy atom. The smallest absolute Gasteiger partial charge is 0.261 e. The molecule has 3 N–H and O–H groups in total. The van der Waals surface area contributed by atoms with Crippen molar-refractivity contribution >= 4 is 33.2 Å². The molecule has 0 saturated carbocycles.